The number of guanidine groups is 1. The first kappa shape index (κ1) is 20.7. The summed E-state index contributed by atoms with van der Waals surface area (Å²) in [6, 6.07) is 6.04. The second-order valence-corrected chi connectivity index (χ2v) is 7.67. The number of benzene rings is 1. The van der Waals surface area contributed by atoms with Gasteiger partial charge in [0.05, 0.1) is 20.2 Å². The molecule has 3 rings (SSSR count). The summed E-state index contributed by atoms with van der Waals surface area (Å²) in [6.07, 6.45) is 2.25. The van der Waals surface area contributed by atoms with E-state index in [4.69, 9.17) is 21.3 Å². The van der Waals surface area contributed by atoms with E-state index < -0.39 is 0 Å². The maximum Gasteiger partial charge on any atom is 0.234 e. The molecule has 1 heterocycles. The molecule has 0 unspecified atom stereocenters. The summed E-state index contributed by atoms with van der Waals surface area (Å²) in [5.74, 6) is 1.78. The highest BCUT2D eigenvalue weighted by atomic mass is 35.5. The molecular weight excluding hydrogens is 378 g/mol. The Labute approximate surface area is 172 Å². The fourth-order valence-electron chi connectivity index (χ4n) is 3.26. The number of nitrogens with one attached hydrogen (secondary N) is 2. The van der Waals surface area contributed by atoms with Crippen molar-refractivity contribution in [2.24, 2.45) is 4.99 Å². The lowest BCUT2D eigenvalue weighted by Gasteiger charge is -2.36. The first-order chi connectivity index (χ1) is 13.6. The smallest absolute Gasteiger partial charge is 0.234 e. The topological polar surface area (TPSA) is 69.2 Å². The Balaban J connectivity index is 1.55. The zero-order chi connectivity index (χ0) is 19.9. The number of amides is 1. The van der Waals surface area contributed by atoms with Gasteiger partial charge in [0, 0.05) is 49.4 Å². The van der Waals surface area contributed by atoms with Gasteiger partial charge in [-0.3, -0.25) is 9.69 Å². The van der Waals surface area contributed by atoms with Crippen LogP contribution in [0.1, 0.15) is 25.3 Å². The number of carbonyl (C=O) groups is 1. The zero-order valence-corrected chi connectivity index (χ0v) is 17.5. The Morgan fingerprint density at radius 1 is 1.29 bits per heavy atom. The molecule has 1 saturated carbocycles. The van der Waals surface area contributed by atoms with E-state index in [0.29, 0.717) is 24.2 Å². The van der Waals surface area contributed by atoms with Crippen molar-refractivity contribution in [2.45, 2.75) is 32.4 Å². The molecular formula is C20H30ClN5O2. The van der Waals surface area contributed by atoms with Crippen LogP contribution in [0.5, 0.6) is 5.75 Å². The molecule has 1 aliphatic heterocycles. The SMILES string of the molecule is CCNC(=NCc1ccc(Cl)cc1OC)N1CCN(CC(=O)NC2CC2)CC1. The lowest BCUT2D eigenvalue weighted by molar-refractivity contribution is -0.122. The third kappa shape index (κ3) is 6.01. The van der Waals surface area contributed by atoms with Gasteiger partial charge in [0.2, 0.25) is 5.91 Å². The van der Waals surface area contributed by atoms with Crippen molar-refractivity contribution >= 4 is 23.5 Å². The molecule has 7 nitrogen and oxygen atoms in total. The van der Waals surface area contributed by atoms with Crippen LogP contribution in [-0.4, -0.2) is 74.1 Å². The predicted molar refractivity (Wildman–Crippen MR) is 112 cm³/mol. The summed E-state index contributed by atoms with van der Waals surface area (Å²) in [4.78, 5) is 21.2. The molecule has 154 valence electrons. The largest absolute Gasteiger partial charge is 0.496 e. The van der Waals surface area contributed by atoms with E-state index in [1.165, 1.54) is 0 Å². The van der Waals surface area contributed by atoms with Crippen molar-refractivity contribution in [2.75, 3.05) is 46.4 Å². The summed E-state index contributed by atoms with van der Waals surface area (Å²) in [6.45, 7) is 7.28. The molecule has 0 aromatic heterocycles. The summed E-state index contributed by atoms with van der Waals surface area (Å²) in [5, 5.41) is 7.08. The summed E-state index contributed by atoms with van der Waals surface area (Å²) < 4.78 is 5.41. The van der Waals surface area contributed by atoms with Crippen molar-refractivity contribution in [3.05, 3.63) is 28.8 Å². The van der Waals surface area contributed by atoms with Crippen LogP contribution in [0.25, 0.3) is 0 Å². The average molecular weight is 408 g/mol. The number of halogens is 1. The molecule has 0 spiro atoms. The van der Waals surface area contributed by atoms with Gasteiger partial charge >= 0.3 is 0 Å². The van der Waals surface area contributed by atoms with Gasteiger partial charge in [0.15, 0.2) is 5.96 Å². The van der Waals surface area contributed by atoms with E-state index in [9.17, 15) is 4.79 Å². The van der Waals surface area contributed by atoms with E-state index in [1.54, 1.807) is 7.11 Å². The minimum absolute atomic E-state index is 0.145. The van der Waals surface area contributed by atoms with Crippen LogP contribution >= 0.6 is 11.6 Å². The van der Waals surface area contributed by atoms with Crippen LogP contribution in [0.15, 0.2) is 23.2 Å². The number of aliphatic imine (C=N–C) groups is 1. The van der Waals surface area contributed by atoms with Crippen molar-refractivity contribution in [1.29, 1.82) is 0 Å². The Morgan fingerprint density at radius 3 is 2.68 bits per heavy atom. The number of rotatable bonds is 7. The van der Waals surface area contributed by atoms with Gasteiger partial charge in [0.1, 0.15) is 5.75 Å². The predicted octanol–water partition coefficient (Wildman–Crippen LogP) is 1.71. The van der Waals surface area contributed by atoms with Gasteiger partial charge in [-0.25, -0.2) is 4.99 Å². The number of hydrogen-bond acceptors (Lipinski definition) is 4. The van der Waals surface area contributed by atoms with Crippen molar-refractivity contribution < 1.29 is 9.53 Å². The second kappa shape index (κ2) is 9.98. The third-order valence-corrected chi connectivity index (χ3v) is 5.20. The van der Waals surface area contributed by atoms with Crippen molar-refractivity contribution in [1.82, 2.24) is 20.4 Å². The highest BCUT2D eigenvalue weighted by molar-refractivity contribution is 6.30. The highest BCUT2D eigenvalue weighted by Gasteiger charge is 2.25. The van der Waals surface area contributed by atoms with Gasteiger partial charge in [-0.05, 0) is 31.9 Å². The number of carbonyl (C=O) groups excluding carboxylic acids is 1. The first-order valence-corrected chi connectivity index (χ1v) is 10.3. The van der Waals surface area contributed by atoms with Gasteiger partial charge in [-0.1, -0.05) is 17.7 Å². The summed E-state index contributed by atoms with van der Waals surface area (Å²) in [7, 11) is 1.64. The van der Waals surface area contributed by atoms with Gasteiger partial charge in [-0.2, -0.15) is 0 Å². The quantitative estimate of drug-likeness (QED) is 0.532. The molecule has 2 fully saturated rings. The van der Waals surface area contributed by atoms with Gasteiger partial charge < -0.3 is 20.3 Å². The Morgan fingerprint density at radius 2 is 2.04 bits per heavy atom. The first-order valence-electron chi connectivity index (χ1n) is 9.96. The Bertz CT molecular complexity index is 700. The molecule has 0 bridgehead atoms. The fourth-order valence-corrected chi connectivity index (χ4v) is 3.42. The standard InChI is InChI=1S/C20H30ClN5O2/c1-3-22-20(23-13-15-4-5-16(21)12-18(15)28-2)26-10-8-25(9-11-26)14-19(27)24-17-6-7-17/h4-5,12,17H,3,6-11,13-14H2,1-2H3,(H,22,23)(H,24,27). The molecule has 1 aromatic carbocycles. The van der Waals surface area contributed by atoms with Crippen LogP contribution < -0.4 is 15.4 Å². The van der Waals surface area contributed by atoms with Crippen LogP contribution in [0.2, 0.25) is 5.02 Å². The van der Waals surface area contributed by atoms with Crippen LogP contribution in [0.4, 0.5) is 0 Å². The molecule has 1 aliphatic carbocycles. The highest BCUT2D eigenvalue weighted by Crippen LogP contribution is 2.24. The Hall–Kier alpha value is -1.99. The van der Waals surface area contributed by atoms with E-state index in [1.807, 2.05) is 18.2 Å². The number of nitrogens with zero attached hydrogens (tertiary/aromatic N) is 3. The fraction of sp³-hybridized carbons (Fsp3) is 0.600. The van der Waals surface area contributed by atoms with E-state index >= 15 is 0 Å². The van der Waals surface area contributed by atoms with Crippen LogP contribution in [-0.2, 0) is 11.3 Å². The summed E-state index contributed by atoms with van der Waals surface area (Å²) >= 11 is 6.04. The maximum atomic E-state index is 12.0. The average Bonchev–Trinajstić information content (AvgIpc) is 3.50. The lowest BCUT2D eigenvalue weighted by Crippen LogP contribution is -2.54. The maximum absolute atomic E-state index is 12.0. The molecule has 0 radical (unpaired) electrons. The Kier molecular flexibility index (Phi) is 7.39. The lowest BCUT2D eigenvalue weighted by atomic mass is 10.2. The number of methoxy groups -OCH3 is 1. The van der Waals surface area contributed by atoms with Crippen LogP contribution in [0.3, 0.4) is 0 Å². The molecule has 1 amide bonds. The van der Waals surface area contributed by atoms with Crippen LogP contribution in [0, 0.1) is 0 Å². The summed E-state index contributed by atoms with van der Waals surface area (Å²) in [5.41, 5.74) is 0.998. The van der Waals surface area contributed by atoms with E-state index in [0.717, 1.165) is 62.8 Å². The van der Waals surface area contributed by atoms with Crippen molar-refractivity contribution in [3.63, 3.8) is 0 Å². The molecule has 28 heavy (non-hydrogen) atoms. The molecule has 0 atom stereocenters. The molecule has 2 N–H and O–H groups in total. The normalized spacial score (nSPS) is 18.1. The molecule has 8 heteroatoms. The third-order valence-electron chi connectivity index (χ3n) is 4.96. The van der Waals surface area contributed by atoms with Crippen molar-refractivity contribution in [3.8, 4) is 5.75 Å². The zero-order valence-electron chi connectivity index (χ0n) is 16.7. The minimum Gasteiger partial charge on any atom is -0.496 e. The van der Waals surface area contributed by atoms with E-state index in [2.05, 4.69) is 27.4 Å². The molecule has 2 aliphatic rings. The molecule has 1 saturated heterocycles. The van der Waals surface area contributed by atoms with Gasteiger partial charge in [0.25, 0.3) is 0 Å². The monoisotopic (exact) mass is 407 g/mol. The minimum atomic E-state index is 0.145. The number of piperazine rings is 1. The second-order valence-electron chi connectivity index (χ2n) is 7.23. The number of ether oxygens (including phenoxy) is 1. The van der Waals surface area contributed by atoms with E-state index in [-0.39, 0.29) is 5.91 Å². The molecule has 1 aromatic rings. The number of hydrogen-bond donors (Lipinski definition) is 2. The van der Waals surface area contributed by atoms with Gasteiger partial charge in [-0.15, -0.1) is 0 Å².